The quantitative estimate of drug-likeness (QED) is 0.469. The van der Waals surface area contributed by atoms with Gasteiger partial charge in [0, 0.05) is 23.8 Å². The molecule has 0 heterocycles. The molecule has 5 aliphatic carbocycles. The van der Waals surface area contributed by atoms with E-state index in [0.29, 0.717) is 23.5 Å². The fourth-order valence-electron chi connectivity index (χ4n) is 8.07. The van der Waals surface area contributed by atoms with Gasteiger partial charge in [-0.3, -0.25) is 4.79 Å². The summed E-state index contributed by atoms with van der Waals surface area (Å²) in [6.45, 7) is 4.60. The Bertz CT molecular complexity index is 786. The van der Waals surface area contributed by atoms with Gasteiger partial charge in [0.1, 0.15) is 11.9 Å². The molecule has 0 bridgehead atoms. The molecule has 0 aromatic heterocycles. The summed E-state index contributed by atoms with van der Waals surface area (Å²) in [7, 11) is 0. The summed E-state index contributed by atoms with van der Waals surface area (Å²) in [6, 6.07) is 0.0962. The SMILES string of the molecule is C[C@]12CCC(=NO[C@@H]3CCC[C@@H]3N)CC1C(=NO)C[C@@H]1[C@@H]2CC[C@]2(C)C(=O)CC[C@@H]12.Cl. The van der Waals surface area contributed by atoms with E-state index in [1.807, 2.05) is 0 Å². The molecular weight excluding hydrogens is 414 g/mol. The summed E-state index contributed by atoms with van der Waals surface area (Å²) < 4.78 is 0. The van der Waals surface area contributed by atoms with Gasteiger partial charge in [-0.1, -0.05) is 24.2 Å². The van der Waals surface area contributed by atoms with Gasteiger partial charge in [-0.05, 0) is 87.4 Å². The molecule has 5 aliphatic rings. The first-order valence-electron chi connectivity index (χ1n) is 12.1. The average molecular weight is 452 g/mol. The van der Waals surface area contributed by atoms with Gasteiger partial charge >= 0.3 is 0 Å². The number of ketones is 1. The lowest BCUT2D eigenvalue weighted by atomic mass is 9.45. The molecule has 0 aromatic carbocycles. The number of halogens is 1. The maximum atomic E-state index is 12.6. The fourth-order valence-corrected chi connectivity index (χ4v) is 8.07. The average Bonchev–Trinajstić information content (AvgIpc) is 3.28. The van der Waals surface area contributed by atoms with Crippen molar-refractivity contribution in [1.29, 1.82) is 0 Å². The van der Waals surface area contributed by atoms with Gasteiger partial charge in [-0.2, -0.15) is 0 Å². The Kier molecular flexibility index (Phi) is 6.19. The van der Waals surface area contributed by atoms with Gasteiger partial charge in [0.2, 0.25) is 0 Å². The first-order chi connectivity index (χ1) is 14.4. The maximum absolute atomic E-state index is 12.6. The van der Waals surface area contributed by atoms with Gasteiger partial charge in [0.25, 0.3) is 0 Å². The molecule has 3 N–H and O–H groups in total. The zero-order valence-corrected chi connectivity index (χ0v) is 19.7. The molecule has 0 saturated heterocycles. The summed E-state index contributed by atoms with van der Waals surface area (Å²) in [6.07, 6.45) is 10.7. The molecule has 0 aliphatic heterocycles. The zero-order chi connectivity index (χ0) is 21.1. The van der Waals surface area contributed by atoms with Gasteiger partial charge in [-0.15, -0.1) is 12.4 Å². The van der Waals surface area contributed by atoms with Gasteiger partial charge < -0.3 is 15.8 Å². The van der Waals surface area contributed by atoms with E-state index in [2.05, 4.69) is 24.2 Å². The van der Waals surface area contributed by atoms with Gasteiger partial charge in [-0.25, -0.2) is 0 Å². The van der Waals surface area contributed by atoms with Crippen LogP contribution in [0.3, 0.4) is 0 Å². The predicted molar refractivity (Wildman–Crippen MR) is 123 cm³/mol. The maximum Gasteiger partial charge on any atom is 0.142 e. The van der Waals surface area contributed by atoms with Crippen molar-refractivity contribution in [2.45, 2.75) is 96.6 Å². The van der Waals surface area contributed by atoms with Gasteiger partial charge in [0.15, 0.2) is 0 Å². The molecule has 0 amide bonds. The van der Waals surface area contributed by atoms with E-state index in [1.165, 1.54) is 0 Å². The largest absolute Gasteiger partial charge is 0.411 e. The van der Waals surface area contributed by atoms with E-state index >= 15 is 0 Å². The normalized spacial score (nSPS) is 49.3. The molecule has 6 nitrogen and oxygen atoms in total. The fraction of sp³-hybridized carbons (Fsp3) is 0.875. The Morgan fingerprint density at radius 2 is 1.87 bits per heavy atom. The third-order valence-electron chi connectivity index (χ3n) is 9.98. The zero-order valence-electron chi connectivity index (χ0n) is 18.9. The lowest BCUT2D eigenvalue weighted by Crippen LogP contribution is -2.56. The van der Waals surface area contributed by atoms with Crippen molar-refractivity contribution >= 4 is 29.6 Å². The number of oxime groups is 2. The van der Waals surface area contributed by atoms with E-state index in [0.717, 1.165) is 82.1 Å². The molecule has 5 saturated carbocycles. The van der Waals surface area contributed by atoms with Crippen LogP contribution in [-0.2, 0) is 9.63 Å². The Morgan fingerprint density at radius 3 is 2.58 bits per heavy atom. The second kappa shape index (κ2) is 8.33. The summed E-state index contributed by atoms with van der Waals surface area (Å²) in [5, 5.41) is 18.3. The van der Waals surface area contributed by atoms with Crippen LogP contribution in [0.1, 0.15) is 84.5 Å². The number of Topliss-reactive ketones (excluding diaryl/α,β-unsaturated/α-hetero) is 1. The van der Waals surface area contributed by atoms with Crippen molar-refractivity contribution in [2.75, 3.05) is 0 Å². The van der Waals surface area contributed by atoms with Crippen molar-refractivity contribution in [1.82, 2.24) is 0 Å². The van der Waals surface area contributed by atoms with Crippen LogP contribution in [0.25, 0.3) is 0 Å². The minimum Gasteiger partial charge on any atom is -0.411 e. The van der Waals surface area contributed by atoms with Crippen molar-refractivity contribution in [3.05, 3.63) is 0 Å². The van der Waals surface area contributed by atoms with Crippen molar-refractivity contribution in [2.24, 2.45) is 50.5 Å². The van der Waals surface area contributed by atoms with Crippen LogP contribution >= 0.6 is 12.4 Å². The van der Waals surface area contributed by atoms with Crippen LogP contribution in [0.4, 0.5) is 0 Å². The summed E-state index contributed by atoms with van der Waals surface area (Å²) in [5.74, 6) is 2.19. The standard InChI is InChI=1S/C24H37N3O3.ClH/c1-23-10-8-14(27-30-21-5-3-4-19(21)25)12-18(23)20(26-29)13-15-16-6-7-22(28)24(16,2)11-9-17(15)23;/h15-19,21,29H,3-13,25H2,1-2H3;1H/t15-,16-,17-,18?,19-,21+,23+,24-;/m0./s1. The first kappa shape index (κ1) is 23.0. The third kappa shape index (κ3) is 3.52. The van der Waals surface area contributed by atoms with Crippen molar-refractivity contribution < 1.29 is 14.8 Å². The molecule has 0 spiro atoms. The Hall–Kier alpha value is -1.14. The molecule has 31 heavy (non-hydrogen) atoms. The van der Waals surface area contributed by atoms with E-state index in [9.17, 15) is 10.0 Å². The van der Waals surface area contributed by atoms with E-state index < -0.39 is 0 Å². The lowest BCUT2D eigenvalue weighted by Gasteiger charge is -2.59. The van der Waals surface area contributed by atoms with Gasteiger partial charge in [0.05, 0.1) is 11.4 Å². The van der Waals surface area contributed by atoms with Crippen LogP contribution in [0.2, 0.25) is 0 Å². The number of hydrogen-bond donors (Lipinski definition) is 2. The number of nitrogens with zero attached hydrogens (tertiary/aromatic N) is 2. The molecule has 5 fully saturated rings. The highest BCUT2D eigenvalue weighted by Gasteiger charge is 2.61. The molecule has 8 atom stereocenters. The lowest BCUT2D eigenvalue weighted by molar-refractivity contribution is -0.133. The molecule has 174 valence electrons. The highest BCUT2D eigenvalue weighted by atomic mass is 35.5. The van der Waals surface area contributed by atoms with Crippen molar-refractivity contribution in [3.63, 3.8) is 0 Å². The van der Waals surface area contributed by atoms with Crippen LogP contribution in [0, 0.1) is 34.5 Å². The number of carbonyl (C=O) groups is 1. The number of carbonyl (C=O) groups excluding carboxylic acids is 1. The highest BCUT2D eigenvalue weighted by Crippen LogP contribution is 2.64. The molecule has 0 radical (unpaired) electrons. The van der Waals surface area contributed by atoms with Crippen LogP contribution in [-0.4, -0.2) is 34.6 Å². The third-order valence-corrected chi connectivity index (χ3v) is 9.98. The Morgan fingerprint density at radius 1 is 1.06 bits per heavy atom. The van der Waals surface area contributed by atoms with Crippen LogP contribution in [0.15, 0.2) is 10.3 Å². The van der Waals surface area contributed by atoms with Crippen LogP contribution in [0.5, 0.6) is 0 Å². The number of fused-ring (bicyclic) bond motifs is 5. The number of rotatable bonds is 2. The molecule has 1 unspecified atom stereocenters. The molecular formula is C24H38ClN3O3. The molecule has 7 heteroatoms. The first-order valence-corrected chi connectivity index (χ1v) is 12.1. The molecule has 5 rings (SSSR count). The van der Waals surface area contributed by atoms with Crippen LogP contribution < -0.4 is 5.73 Å². The van der Waals surface area contributed by atoms with E-state index in [4.69, 9.17) is 10.6 Å². The minimum atomic E-state index is -0.153. The smallest absolute Gasteiger partial charge is 0.142 e. The Balaban J connectivity index is 0.00000231. The number of hydrogen-bond acceptors (Lipinski definition) is 6. The Labute approximate surface area is 191 Å². The monoisotopic (exact) mass is 451 g/mol. The van der Waals surface area contributed by atoms with Crippen molar-refractivity contribution in [3.8, 4) is 0 Å². The number of nitrogens with two attached hydrogens (primary N) is 1. The second-order valence-corrected chi connectivity index (χ2v) is 11.2. The predicted octanol–water partition coefficient (Wildman–Crippen LogP) is 4.71. The summed E-state index contributed by atoms with van der Waals surface area (Å²) in [4.78, 5) is 18.5. The topological polar surface area (TPSA) is 97.3 Å². The highest BCUT2D eigenvalue weighted by molar-refractivity contribution is 5.96. The summed E-state index contributed by atoms with van der Waals surface area (Å²) in [5.41, 5.74) is 8.10. The minimum absolute atomic E-state index is 0. The molecule has 0 aromatic rings. The van der Waals surface area contributed by atoms with E-state index in [1.54, 1.807) is 0 Å². The second-order valence-electron chi connectivity index (χ2n) is 11.2. The summed E-state index contributed by atoms with van der Waals surface area (Å²) >= 11 is 0. The van der Waals surface area contributed by atoms with E-state index in [-0.39, 0.29) is 41.3 Å².